The van der Waals surface area contributed by atoms with Crippen LogP contribution in [0.25, 0.3) is 0 Å². The molecule has 1 saturated carbocycles. The summed E-state index contributed by atoms with van der Waals surface area (Å²) in [7, 11) is 0. The highest BCUT2D eigenvalue weighted by atomic mass is 35.5. The molecule has 1 aliphatic rings. The number of aromatic nitrogens is 1. The second-order valence-corrected chi connectivity index (χ2v) is 5.47. The second kappa shape index (κ2) is 5.23. The van der Waals surface area contributed by atoms with Gasteiger partial charge in [0.1, 0.15) is 5.82 Å². The summed E-state index contributed by atoms with van der Waals surface area (Å²) in [5, 5.41) is 0.725. The molecule has 2 rings (SSSR count). The zero-order valence-electron chi connectivity index (χ0n) is 10.5. The molecule has 0 amide bonds. The van der Waals surface area contributed by atoms with Crippen LogP contribution in [-0.4, -0.2) is 17.6 Å². The first kappa shape index (κ1) is 12.7. The van der Waals surface area contributed by atoms with Crippen LogP contribution in [0.2, 0.25) is 5.02 Å². The first-order chi connectivity index (χ1) is 8.13. The molecule has 0 radical (unpaired) electrons. The van der Waals surface area contributed by atoms with Crippen molar-refractivity contribution < 1.29 is 0 Å². The lowest BCUT2D eigenvalue weighted by molar-refractivity contribution is 0.602. The van der Waals surface area contributed by atoms with Gasteiger partial charge in [0.05, 0.1) is 5.02 Å². The van der Waals surface area contributed by atoms with Crippen molar-refractivity contribution in [1.29, 1.82) is 0 Å². The summed E-state index contributed by atoms with van der Waals surface area (Å²) in [6.45, 7) is 5.91. The molecule has 0 unspecified atom stereocenters. The number of nitrogens with zero attached hydrogens (tertiary/aromatic N) is 2. The minimum Gasteiger partial charge on any atom is -0.352 e. The summed E-state index contributed by atoms with van der Waals surface area (Å²) in [5.74, 6) is 1.51. The summed E-state index contributed by atoms with van der Waals surface area (Å²) in [6, 6.07) is 2.52. The minimum atomic E-state index is 0.467. The van der Waals surface area contributed by atoms with Gasteiger partial charge in [-0.25, -0.2) is 4.98 Å². The highest BCUT2D eigenvalue weighted by molar-refractivity contribution is 6.33. The van der Waals surface area contributed by atoms with Crippen LogP contribution in [0.4, 0.5) is 5.82 Å². The number of halogens is 1. The number of hydrogen-bond acceptors (Lipinski definition) is 3. The van der Waals surface area contributed by atoms with Gasteiger partial charge in [0.25, 0.3) is 0 Å². The van der Waals surface area contributed by atoms with Crippen LogP contribution in [0.3, 0.4) is 0 Å². The van der Waals surface area contributed by atoms with E-state index in [1.54, 1.807) is 6.20 Å². The van der Waals surface area contributed by atoms with E-state index in [1.165, 1.54) is 12.8 Å². The Morgan fingerprint density at radius 1 is 1.53 bits per heavy atom. The van der Waals surface area contributed by atoms with Gasteiger partial charge in [-0.15, -0.1) is 0 Å². The number of nitrogens with two attached hydrogens (primary N) is 1. The smallest absolute Gasteiger partial charge is 0.147 e. The number of hydrogen-bond donors (Lipinski definition) is 1. The number of rotatable bonds is 5. The average molecular weight is 254 g/mol. The molecule has 0 atom stereocenters. The van der Waals surface area contributed by atoms with Crippen LogP contribution in [0.5, 0.6) is 0 Å². The molecule has 17 heavy (non-hydrogen) atoms. The zero-order valence-corrected chi connectivity index (χ0v) is 11.2. The van der Waals surface area contributed by atoms with Crippen LogP contribution in [0, 0.1) is 5.92 Å². The Bertz CT molecular complexity index is 388. The third kappa shape index (κ3) is 2.90. The molecule has 0 aliphatic heterocycles. The molecule has 94 valence electrons. The lowest BCUT2D eigenvalue weighted by Gasteiger charge is -2.27. The Morgan fingerprint density at radius 3 is 2.76 bits per heavy atom. The van der Waals surface area contributed by atoms with Gasteiger partial charge in [-0.05, 0) is 30.4 Å². The Kier molecular flexibility index (Phi) is 3.89. The Balaban J connectivity index is 2.28. The topological polar surface area (TPSA) is 42.2 Å². The molecule has 0 spiro atoms. The van der Waals surface area contributed by atoms with E-state index in [2.05, 4.69) is 23.7 Å². The summed E-state index contributed by atoms with van der Waals surface area (Å²) < 4.78 is 0. The predicted molar refractivity (Wildman–Crippen MR) is 72.3 cm³/mol. The average Bonchev–Trinajstić information content (AvgIpc) is 3.10. The Morgan fingerprint density at radius 2 is 2.24 bits per heavy atom. The lowest BCUT2D eigenvalue weighted by Crippen LogP contribution is -2.31. The molecule has 0 bridgehead atoms. The molecule has 1 aromatic heterocycles. The largest absolute Gasteiger partial charge is 0.352 e. The highest BCUT2D eigenvalue weighted by Gasteiger charge is 2.31. The Hall–Kier alpha value is -0.800. The van der Waals surface area contributed by atoms with Crippen molar-refractivity contribution in [2.75, 3.05) is 11.4 Å². The fourth-order valence-electron chi connectivity index (χ4n) is 2.02. The van der Waals surface area contributed by atoms with Crippen molar-refractivity contribution >= 4 is 17.4 Å². The van der Waals surface area contributed by atoms with Crippen LogP contribution in [0.15, 0.2) is 12.3 Å². The van der Waals surface area contributed by atoms with Gasteiger partial charge in [-0.1, -0.05) is 25.4 Å². The molecule has 4 heteroatoms. The number of anilines is 1. The van der Waals surface area contributed by atoms with E-state index in [0.29, 0.717) is 18.5 Å². The van der Waals surface area contributed by atoms with E-state index in [4.69, 9.17) is 17.3 Å². The molecule has 1 aliphatic carbocycles. The summed E-state index contributed by atoms with van der Waals surface area (Å²) in [5.41, 5.74) is 6.66. The van der Waals surface area contributed by atoms with Gasteiger partial charge in [-0.3, -0.25) is 0 Å². The van der Waals surface area contributed by atoms with Crippen molar-refractivity contribution in [3.8, 4) is 0 Å². The first-order valence-corrected chi connectivity index (χ1v) is 6.61. The lowest BCUT2D eigenvalue weighted by atomic mass is 10.2. The highest BCUT2D eigenvalue weighted by Crippen LogP contribution is 2.36. The maximum Gasteiger partial charge on any atom is 0.147 e. The monoisotopic (exact) mass is 253 g/mol. The fourth-order valence-corrected chi connectivity index (χ4v) is 2.31. The molecule has 1 aromatic rings. The summed E-state index contributed by atoms with van der Waals surface area (Å²) in [6.07, 6.45) is 4.30. The first-order valence-electron chi connectivity index (χ1n) is 6.23. The second-order valence-electron chi connectivity index (χ2n) is 5.09. The SMILES string of the molecule is CC(C)CN(c1nccc(CN)c1Cl)C1CC1. The van der Waals surface area contributed by atoms with Crippen LogP contribution in [0.1, 0.15) is 32.3 Å². The van der Waals surface area contributed by atoms with E-state index in [-0.39, 0.29) is 0 Å². The van der Waals surface area contributed by atoms with Gasteiger partial charge >= 0.3 is 0 Å². The van der Waals surface area contributed by atoms with Crippen molar-refractivity contribution in [3.63, 3.8) is 0 Å². The van der Waals surface area contributed by atoms with Gasteiger partial charge in [-0.2, -0.15) is 0 Å². The molecular weight excluding hydrogens is 234 g/mol. The van der Waals surface area contributed by atoms with Crippen LogP contribution >= 0.6 is 11.6 Å². The summed E-state index contributed by atoms with van der Waals surface area (Å²) in [4.78, 5) is 6.78. The fraction of sp³-hybridized carbons (Fsp3) is 0.615. The third-order valence-electron chi connectivity index (χ3n) is 2.99. The van der Waals surface area contributed by atoms with E-state index in [0.717, 1.165) is 22.9 Å². The molecule has 2 N–H and O–H groups in total. The maximum atomic E-state index is 6.37. The van der Waals surface area contributed by atoms with Crippen molar-refractivity contribution in [1.82, 2.24) is 4.98 Å². The molecule has 1 heterocycles. The predicted octanol–water partition coefficient (Wildman–Crippen LogP) is 2.82. The van der Waals surface area contributed by atoms with Crippen molar-refractivity contribution in [2.45, 2.75) is 39.3 Å². The third-order valence-corrected chi connectivity index (χ3v) is 3.40. The zero-order chi connectivity index (χ0) is 12.4. The maximum absolute atomic E-state index is 6.37. The van der Waals surface area contributed by atoms with Gasteiger partial charge in [0.15, 0.2) is 0 Å². The minimum absolute atomic E-state index is 0.467. The van der Waals surface area contributed by atoms with Gasteiger partial charge in [0, 0.05) is 25.3 Å². The van der Waals surface area contributed by atoms with Crippen molar-refractivity contribution in [3.05, 3.63) is 22.8 Å². The van der Waals surface area contributed by atoms with Crippen LogP contribution < -0.4 is 10.6 Å². The van der Waals surface area contributed by atoms with E-state index in [1.807, 2.05) is 6.07 Å². The van der Waals surface area contributed by atoms with Crippen LogP contribution in [-0.2, 0) is 6.54 Å². The normalized spacial score (nSPS) is 15.4. The van der Waals surface area contributed by atoms with Crippen molar-refractivity contribution in [2.24, 2.45) is 11.7 Å². The Labute approximate surface area is 108 Å². The summed E-state index contributed by atoms with van der Waals surface area (Å²) >= 11 is 6.37. The molecule has 0 aromatic carbocycles. The molecule has 1 fully saturated rings. The molecule has 3 nitrogen and oxygen atoms in total. The van der Waals surface area contributed by atoms with E-state index in [9.17, 15) is 0 Å². The quantitative estimate of drug-likeness (QED) is 0.878. The standard InChI is InChI=1S/C13H20ClN3/c1-9(2)8-17(11-3-4-11)13-12(14)10(7-15)5-6-16-13/h5-6,9,11H,3-4,7-8,15H2,1-2H3. The van der Waals surface area contributed by atoms with Gasteiger partial charge < -0.3 is 10.6 Å². The number of pyridine rings is 1. The molecular formula is C13H20ClN3. The van der Waals surface area contributed by atoms with E-state index < -0.39 is 0 Å². The van der Waals surface area contributed by atoms with E-state index >= 15 is 0 Å². The molecule has 0 saturated heterocycles. The van der Waals surface area contributed by atoms with Gasteiger partial charge in [0.2, 0.25) is 0 Å².